The van der Waals surface area contributed by atoms with Gasteiger partial charge in [0.15, 0.2) is 0 Å². The van der Waals surface area contributed by atoms with Gasteiger partial charge in [0.1, 0.15) is 0 Å². The highest BCUT2D eigenvalue weighted by molar-refractivity contribution is 5.18. The van der Waals surface area contributed by atoms with Gasteiger partial charge in [-0.1, -0.05) is 0 Å². The Labute approximate surface area is 79.8 Å². The zero-order valence-corrected chi connectivity index (χ0v) is 8.38. The quantitative estimate of drug-likeness (QED) is 0.703. The smallest absolute Gasteiger partial charge is 0.0706 e. The predicted molar refractivity (Wildman–Crippen MR) is 51.3 cm³/mol. The van der Waals surface area contributed by atoms with Crippen molar-refractivity contribution < 1.29 is 4.74 Å². The molecule has 0 amide bonds. The van der Waals surface area contributed by atoms with Gasteiger partial charge >= 0.3 is 0 Å². The molecule has 0 spiro atoms. The standard InChI is InChI=1S/C11H19NO/c1-2-13-10-4-8-3-9(6-10)11(12,5-8)7-10/h8-9H,2-7,12H2,1H3. The van der Waals surface area contributed by atoms with Gasteiger partial charge in [0.2, 0.25) is 0 Å². The van der Waals surface area contributed by atoms with Crippen LogP contribution >= 0.6 is 0 Å². The molecule has 2 N–H and O–H groups in total. The highest BCUT2D eigenvalue weighted by Gasteiger charge is 2.62. The Kier molecular flexibility index (Phi) is 1.45. The molecule has 0 saturated heterocycles. The third-order valence-electron chi connectivity index (χ3n) is 4.48. The van der Waals surface area contributed by atoms with Crippen molar-refractivity contribution in [2.24, 2.45) is 17.6 Å². The van der Waals surface area contributed by atoms with E-state index in [1.165, 1.54) is 25.7 Å². The van der Waals surface area contributed by atoms with Crippen molar-refractivity contribution in [3.05, 3.63) is 0 Å². The van der Waals surface area contributed by atoms with Crippen molar-refractivity contribution in [1.82, 2.24) is 0 Å². The van der Waals surface area contributed by atoms with E-state index in [2.05, 4.69) is 6.92 Å². The maximum absolute atomic E-state index is 6.42. The van der Waals surface area contributed by atoms with Crippen molar-refractivity contribution >= 4 is 0 Å². The van der Waals surface area contributed by atoms with E-state index in [1.54, 1.807) is 0 Å². The van der Waals surface area contributed by atoms with E-state index in [9.17, 15) is 0 Å². The van der Waals surface area contributed by atoms with Gasteiger partial charge < -0.3 is 10.5 Å². The van der Waals surface area contributed by atoms with Crippen LogP contribution in [0.1, 0.15) is 39.0 Å². The average molecular weight is 181 g/mol. The van der Waals surface area contributed by atoms with E-state index in [0.717, 1.165) is 24.9 Å². The van der Waals surface area contributed by atoms with Crippen LogP contribution < -0.4 is 5.73 Å². The Morgan fingerprint density at radius 1 is 1.38 bits per heavy atom. The van der Waals surface area contributed by atoms with Gasteiger partial charge in [0.05, 0.1) is 5.60 Å². The normalized spacial score (nSPS) is 57.7. The summed E-state index contributed by atoms with van der Waals surface area (Å²) in [5.41, 5.74) is 6.79. The summed E-state index contributed by atoms with van der Waals surface area (Å²) in [6, 6.07) is 0. The van der Waals surface area contributed by atoms with Crippen molar-refractivity contribution in [2.45, 2.75) is 50.2 Å². The molecule has 4 fully saturated rings. The molecule has 2 heteroatoms. The van der Waals surface area contributed by atoms with Crippen LogP contribution in [-0.2, 0) is 4.74 Å². The average Bonchev–Trinajstić information content (AvgIpc) is 2.31. The predicted octanol–water partition coefficient (Wildman–Crippen LogP) is 1.68. The molecular formula is C11H19NO. The van der Waals surface area contributed by atoms with Crippen LogP contribution in [0.15, 0.2) is 0 Å². The Hall–Kier alpha value is -0.0800. The van der Waals surface area contributed by atoms with Crippen LogP contribution in [-0.4, -0.2) is 17.7 Å². The second-order valence-electron chi connectivity index (χ2n) is 5.44. The summed E-state index contributed by atoms with van der Waals surface area (Å²) in [6.07, 6.45) is 6.32. The summed E-state index contributed by atoms with van der Waals surface area (Å²) in [4.78, 5) is 0. The number of nitrogens with two attached hydrogens (primary N) is 1. The van der Waals surface area contributed by atoms with Crippen LogP contribution in [0.2, 0.25) is 0 Å². The Bertz CT molecular complexity index is 242. The maximum Gasteiger partial charge on any atom is 0.0706 e. The molecule has 0 heterocycles. The minimum Gasteiger partial charge on any atom is -0.375 e. The molecule has 0 aromatic carbocycles. The molecule has 13 heavy (non-hydrogen) atoms. The van der Waals surface area contributed by atoms with Crippen LogP contribution in [0.3, 0.4) is 0 Å². The molecule has 4 saturated carbocycles. The molecule has 2 nitrogen and oxygen atoms in total. The molecule has 4 aliphatic carbocycles. The fraction of sp³-hybridized carbons (Fsp3) is 1.00. The van der Waals surface area contributed by atoms with Crippen LogP contribution in [0.5, 0.6) is 0 Å². The second kappa shape index (κ2) is 2.29. The van der Waals surface area contributed by atoms with E-state index in [-0.39, 0.29) is 11.1 Å². The van der Waals surface area contributed by atoms with Crippen LogP contribution in [0, 0.1) is 11.8 Å². The van der Waals surface area contributed by atoms with Gasteiger partial charge in [-0.25, -0.2) is 0 Å². The largest absolute Gasteiger partial charge is 0.375 e. The topological polar surface area (TPSA) is 35.2 Å². The van der Waals surface area contributed by atoms with Crippen LogP contribution in [0.25, 0.3) is 0 Å². The zero-order valence-electron chi connectivity index (χ0n) is 8.38. The van der Waals surface area contributed by atoms with Gasteiger partial charge in [0, 0.05) is 12.1 Å². The number of ether oxygens (including phenoxy) is 1. The van der Waals surface area contributed by atoms with Crippen LogP contribution in [0.4, 0.5) is 0 Å². The lowest BCUT2D eigenvalue weighted by atomic mass is 9.77. The Balaban J connectivity index is 1.90. The molecule has 4 rings (SSSR count). The Morgan fingerprint density at radius 2 is 2.23 bits per heavy atom. The maximum atomic E-state index is 6.42. The number of rotatable bonds is 2. The second-order valence-corrected chi connectivity index (χ2v) is 5.44. The summed E-state index contributed by atoms with van der Waals surface area (Å²) < 4.78 is 5.95. The van der Waals surface area contributed by atoms with Crippen molar-refractivity contribution in [1.29, 1.82) is 0 Å². The highest BCUT2D eigenvalue weighted by atomic mass is 16.5. The summed E-state index contributed by atoms with van der Waals surface area (Å²) in [5.74, 6) is 1.65. The zero-order chi connectivity index (χ0) is 9.10. The van der Waals surface area contributed by atoms with Gasteiger partial charge in [-0.3, -0.25) is 0 Å². The number of hydrogen-bond acceptors (Lipinski definition) is 2. The molecule has 0 radical (unpaired) electrons. The monoisotopic (exact) mass is 181 g/mol. The van der Waals surface area contributed by atoms with Gasteiger partial charge in [-0.2, -0.15) is 0 Å². The third-order valence-corrected chi connectivity index (χ3v) is 4.48. The minimum atomic E-state index is 0.165. The minimum absolute atomic E-state index is 0.165. The van der Waals surface area contributed by atoms with E-state index >= 15 is 0 Å². The molecule has 0 aromatic rings. The molecule has 4 aliphatic rings. The lowest BCUT2D eigenvalue weighted by Gasteiger charge is -2.39. The molecule has 4 bridgehead atoms. The van der Waals surface area contributed by atoms with Crippen molar-refractivity contribution in [3.63, 3.8) is 0 Å². The first kappa shape index (κ1) is 8.25. The van der Waals surface area contributed by atoms with E-state index in [1.807, 2.05) is 0 Å². The van der Waals surface area contributed by atoms with Gasteiger partial charge in [-0.05, 0) is 50.9 Å². The first-order valence-electron chi connectivity index (χ1n) is 5.59. The molecule has 0 aromatic heterocycles. The van der Waals surface area contributed by atoms with E-state index in [4.69, 9.17) is 10.5 Å². The summed E-state index contributed by atoms with van der Waals surface area (Å²) in [7, 11) is 0. The Morgan fingerprint density at radius 3 is 2.85 bits per heavy atom. The lowest BCUT2D eigenvalue weighted by molar-refractivity contribution is -0.0754. The lowest BCUT2D eigenvalue weighted by Crippen LogP contribution is -2.45. The molecular weight excluding hydrogens is 162 g/mol. The fourth-order valence-electron chi connectivity index (χ4n) is 4.36. The first-order chi connectivity index (χ1) is 6.16. The highest BCUT2D eigenvalue weighted by Crippen LogP contribution is 2.62. The fourth-order valence-corrected chi connectivity index (χ4v) is 4.36. The SMILES string of the molecule is CCOC12CC3CC(C1)C(N)(C3)C2. The molecule has 0 aliphatic heterocycles. The van der Waals surface area contributed by atoms with Crippen molar-refractivity contribution in [2.75, 3.05) is 6.61 Å². The van der Waals surface area contributed by atoms with Gasteiger partial charge in [0.25, 0.3) is 0 Å². The number of hydrogen-bond donors (Lipinski definition) is 1. The molecule has 4 atom stereocenters. The summed E-state index contributed by atoms with van der Waals surface area (Å²) in [6.45, 7) is 2.96. The molecule has 74 valence electrons. The third kappa shape index (κ3) is 0.962. The summed E-state index contributed by atoms with van der Waals surface area (Å²) in [5, 5.41) is 0. The molecule has 4 unspecified atom stereocenters. The first-order valence-corrected chi connectivity index (χ1v) is 5.59. The summed E-state index contributed by atoms with van der Waals surface area (Å²) >= 11 is 0. The van der Waals surface area contributed by atoms with E-state index < -0.39 is 0 Å². The van der Waals surface area contributed by atoms with Gasteiger partial charge in [-0.15, -0.1) is 0 Å². The van der Waals surface area contributed by atoms with E-state index in [0.29, 0.717) is 0 Å². The van der Waals surface area contributed by atoms with Crippen molar-refractivity contribution in [3.8, 4) is 0 Å².